The minimum absolute atomic E-state index is 0.743. The van der Waals surface area contributed by atoms with Crippen molar-refractivity contribution in [3.63, 3.8) is 0 Å². The van der Waals surface area contributed by atoms with Crippen molar-refractivity contribution in [2.45, 2.75) is 32.2 Å². The molecule has 5 nitrogen and oxygen atoms in total. The molecule has 1 aromatic heterocycles. The molecule has 1 fully saturated rings. The molecule has 2 aliphatic heterocycles. The van der Waals surface area contributed by atoms with Crippen LogP contribution in [0.2, 0.25) is 0 Å². The molecular formula is C13H20N4O. The number of piperidine rings is 1. The summed E-state index contributed by atoms with van der Waals surface area (Å²) in [4.78, 5) is 11.6. The molecule has 98 valence electrons. The van der Waals surface area contributed by atoms with Crippen LogP contribution in [-0.2, 0) is 13.0 Å². The molecule has 0 saturated carbocycles. The van der Waals surface area contributed by atoms with Crippen LogP contribution >= 0.6 is 0 Å². The number of hydrogen-bond acceptors (Lipinski definition) is 5. The molecule has 0 bridgehead atoms. The molecule has 2 aliphatic rings. The second-order valence-electron chi connectivity index (χ2n) is 4.93. The molecule has 0 radical (unpaired) electrons. The predicted molar refractivity (Wildman–Crippen MR) is 70.1 cm³/mol. The minimum atomic E-state index is 0.743. The average molecular weight is 248 g/mol. The summed E-state index contributed by atoms with van der Waals surface area (Å²) in [7, 11) is 1.69. The Labute approximate surface area is 108 Å². The number of nitrogens with zero attached hydrogens (tertiary/aromatic N) is 3. The second kappa shape index (κ2) is 5.10. The van der Waals surface area contributed by atoms with E-state index >= 15 is 0 Å². The van der Waals surface area contributed by atoms with Crippen LogP contribution in [-0.4, -0.2) is 36.7 Å². The maximum absolute atomic E-state index is 5.43. The molecule has 18 heavy (non-hydrogen) atoms. The van der Waals surface area contributed by atoms with E-state index in [0.29, 0.717) is 0 Å². The van der Waals surface area contributed by atoms with Crippen LogP contribution in [0.1, 0.15) is 30.5 Å². The number of rotatable bonds is 2. The van der Waals surface area contributed by atoms with Crippen molar-refractivity contribution in [2.24, 2.45) is 0 Å². The van der Waals surface area contributed by atoms with Crippen molar-refractivity contribution in [3.05, 3.63) is 11.3 Å². The summed E-state index contributed by atoms with van der Waals surface area (Å²) in [5, 5.41) is 3.34. The van der Waals surface area contributed by atoms with Crippen molar-refractivity contribution in [1.29, 1.82) is 0 Å². The number of ether oxygens (including phenoxy) is 1. The summed E-state index contributed by atoms with van der Waals surface area (Å²) in [5.74, 6) is 1.60. The molecule has 0 atom stereocenters. The van der Waals surface area contributed by atoms with Gasteiger partial charge in [-0.05, 0) is 19.3 Å². The first-order valence-electron chi connectivity index (χ1n) is 6.78. The quantitative estimate of drug-likeness (QED) is 0.850. The monoisotopic (exact) mass is 248 g/mol. The van der Waals surface area contributed by atoms with Crippen LogP contribution < -0.4 is 15.0 Å². The largest absolute Gasteiger partial charge is 0.481 e. The summed E-state index contributed by atoms with van der Waals surface area (Å²) in [6, 6.07) is 0. The number of hydrogen-bond donors (Lipinski definition) is 1. The summed E-state index contributed by atoms with van der Waals surface area (Å²) in [6.07, 6.45) is 4.77. The molecule has 3 rings (SSSR count). The van der Waals surface area contributed by atoms with Crippen LogP contribution in [0.15, 0.2) is 0 Å². The SMILES string of the molecule is COc1nc(N2CCCCC2)nc2c1CNCC2. The van der Waals surface area contributed by atoms with Gasteiger partial charge in [0, 0.05) is 38.2 Å². The van der Waals surface area contributed by atoms with E-state index in [2.05, 4.69) is 15.2 Å². The fourth-order valence-corrected chi connectivity index (χ4v) is 2.70. The van der Waals surface area contributed by atoms with E-state index in [-0.39, 0.29) is 0 Å². The molecule has 0 amide bonds. The molecule has 5 heteroatoms. The minimum Gasteiger partial charge on any atom is -0.481 e. The summed E-state index contributed by atoms with van der Waals surface area (Å²) in [5.41, 5.74) is 2.28. The van der Waals surface area contributed by atoms with Gasteiger partial charge in [0.1, 0.15) is 0 Å². The Kier molecular flexibility index (Phi) is 3.32. The van der Waals surface area contributed by atoms with Crippen LogP contribution in [0.4, 0.5) is 5.95 Å². The van der Waals surface area contributed by atoms with Gasteiger partial charge in [0.2, 0.25) is 11.8 Å². The molecule has 1 aromatic rings. The third-order valence-corrected chi connectivity index (χ3v) is 3.72. The van der Waals surface area contributed by atoms with E-state index in [1.807, 2.05) is 0 Å². The highest BCUT2D eigenvalue weighted by Crippen LogP contribution is 2.26. The fourth-order valence-electron chi connectivity index (χ4n) is 2.70. The molecular weight excluding hydrogens is 228 g/mol. The zero-order valence-corrected chi connectivity index (χ0v) is 10.9. The predicted octanol–water partition coefficient (Wildman–Crippen LogP) is 1.12. The zero-order valence-electron chi connectivity index (χ0n) is 10.9. The number of nitrogens with one attached hydrogen (secondary N) is 1. The topological polar surface area (TPSA) is 50.3 Å². The lowest BCUT2D eigenvalue weighted by molar-refractivity contribution is 0.384. The molecule has 1 N–H and O–H groups in total. The molecule has 0 unspecified atom stereocenters. The van der Waals surface area contributed by atoms with Gasteiger partial charge in [-0.1, -0.05) is 0 Å². The second-order valence-corrected chi connectivity index (χ2v) is 4.93. The summed E-state index contributed by atoms with van der Waals surface area (Å²) >= 11 is 0. The molecule has 0 aromatic carbocycles. The Hall–Kier alpha value is -1.36. The summed E-state index contributed by atoms with van der Waals surface area (Å²) < 4.78 is 5.43. The van der Waals surface area contributed by atoms with Crippen LogP contribution in [0.5, 0.6) is 5.88 Å². The smallest absolute Gasteiger partial charge is 0.228 e. The van der Waals surface area contributed by atoms with Gasteiger partial charge in [0.05, 0.1) is 12.8 Å². The first kappa shape index (κ1) is 11.7. The Morgan fingerprint density at radius 3 is 2.78 bits per heavy atom. The lowest BCUT2D eigenvalue weighted by Gasteiger charge is -2.28. The average Bonchev–Trinajstić information content (AvgIpc) is 2.47. The van der Waals surface area contributed by atoms with Crippen molar-refractivity contribution >= 4 is 5.95 Å². The third kappa shape index (κ3) is 2.14. The Morgan fingerprint density at radius 2 is 2.00 bits per heavy atom. The van der Waals surface area contributed by atoms with E-state index in [1.54, 1.807) is 7.11 Å². The molecule has 3 heterocycles. The van der Waals surface area contributed by atoms with Crippen LogP contribution in [0.3, 0.4) is 0 Å². The highest BCUT2D eigenvalue weighted by Gasteiger charge is 2.21. The first-order chi connectivity index (χ1) is 8.88. The van der Waals surface area contributed by atoms with Gasteiger partial charge in [-0.3, -0.25) is 0 Å². The molecule has 0 aliphatic carbocycles. The normalized spacial score (nSPS) is 19.5. The number of fused-ring (bicyclic) bond motifs is 1. The lowest BCUT2D eigenvalue weighted by atomic mass is 10.1. The summed E-state index contributed by atoms with van der Waals surface area (Å²) in [6.45, 7) is 3.95. The standard InChI is InChI=1S/C13H20N4O/c1-18-12-10-9-14-6-5-11(10)15-13(16-12)17-7-3-2-4-8-17/h14H,2-9H2,1H3. The van der Waals surface area contributed by atoms with Crippen molar-refractivity contribution in [2.75, 3.05) is 31.6 Å². The molecule has 1 saturated heterocycles. The van der Waals surface area contributed by atoms with Crippen LogP contribution in [0.25, 0.3) is 0 Å². The number of anilines is 1. The fraction of sp³-hybridized carbons (Fsp3) is 0.692. The highest BCUT2D eigenvalue weighted by atomic mass is 16.5. The lowest BCUT2D eigenvalue weighted by Crippen LogP contribution is -2.33. The van der Waals surface area contributed by atoms with E-state index in [4.69, 9.17) is 9.72 Å². The maximum atomic E-state index is 5.43. The van der Waals surface area contributed by atoms with E-state index in [1.165, 1.54) is 19.3 Å². The number of aromatic nitrogens is 2. The zero-order chi connectivity index (χ0) is 12.4. The van der Waals surface area contributed by atoms with Gasteiger partial charge in [-0.2, -0.15) is 4.98 Å². The van der Waals surface area contributed by atoms with Gasteiger partial charge in [-0.15, -0.1) is 0 Å². The Bertz CT molecular complexity index is 412. The van der Waals surface area contributed by atoms with Gasteiger partial charge in [-0.25, -0.2) is 4.98 Å². The number of methoxy groups -OCH3 is 1. The van der Waals surface area contributed by atoms with Gasteiger partial charge >= 0.3 is 0 Å². The van der Waals surface area contributed by atoms with Gasteiger partial charge < -0.3 is 15.0 Å². The van der Waals surface area contributed by atoms with Gasteiger partial charge in [0.25, 0.3) is 0 Å². The molecule has 0 spiro atoms. The van der Waals surface area contributed by atoms with E-state index < -0.39 is 0 Å². The van der Waals surface area contributed by atoms with Crippen molar-refractivity contribution in [1.82, 2.24) is 15.3 Å². The van der Waals surface area contributed by atoms with E-state index in [9.17, 15) is 0 Å². The van der Waals surface area contributed by atoms with E-state index in [0.717, 1.165) is 55.7 Å². The van der Waals surface area contributed by atoms with Crippen molar-refractivity contribution in [3.8, 4) is 5.88 Å². The van der Waals surface area contributed by atoms with Crippen molar-refractivity contribution < 1.29 is 4.74 Å². The third-order valence-electron chi connectivity index (χ3n) is 3.72. The highest BCUT2D eigenvalue weighted by molar-refractivity contribution is 5.41. The first-order valence-corrected chi connectivity index (χ1v) is 6.78. The van der Waals surface area contributed by atoms with Gasteiger partial charge in [0.15, 0.2) is 0 Å². The Morgan fingerprint density at radius 1 is 1.17 bits per heavy atom. The maximum Gasteiger partial charge on any atom is 0.228 e. The Balaban J connectivity index is 1.94. The van der Waals surface area contributed by atoms with Crippen LogP contribution in [0, 0.1) is 0 Å².